The number of nitrogens with one attached hydrogen (secondary N) is 1. The Morgan fingerprint density at radius 2 is 1.83 bits per heavy atom. The number of carbonyl (C=O) groups is 1. The Labute approximate surface area is 180 Å². The van der Waals surface area contributed by atoms with Gasteiger partial charge in [-0.15, -0.1) is 0 Å². The Hall–Kier alpha value is -1.83. The molecule has 2 saturated heterocycles. The molecular formula is C21H24Cl2N4O2. The van der Waals surface area contributed by atoms with Gasteiger partial charge in [-0.1, -0.05) is 53.5 Å². The summed E-state index contributed by atoms with van der Waals surface area (Å²) in [5, 5.41) is 7.37. The Bertz CT molecular complexity index is 846. The standard InChI is InChI=1S/C21H24Cl2N4O2/c22-18-6-7-20(19(23)12-18)27-15-17(21(28)24-25-8-10-29-11-9-25)14-26(27)13-16-4-2-1-3-5-16/h1-7,12,17H,8-11,13-15H2,(H,24,28). The molecule has 0 bridgehead atoms. The van der Waals surface area contributed by atoms with E-state index in [2.05, 4.69) is 27.6 Å². The maximum Gasteiger partial charge on any atom is 0.240 e. The number of nitrogens with zero attached hydrogens (tertiary/aromatic N) is 3. The smallest absolute Gasteiger partial charge is 0.240 e. The lowest BCUT2D eigenvalue weighted by Crippen LogP contribution is -2.50. The average Bonchev–Trinajstić information content (AvgIpc) is 3.13. The zero-order valence-electron chi connectivity index (χ0n) is 16.1. The monoisotopic (exact) mass is 434 g/mol. The second-order valence-electron chi connectivity index (χ2n) is 7.28. The molecule has 154 valence electrons. The van der Waals surface area contributed by atoms with Crippen molar-refractivity contribution in [2.75, 3.05) is 44.4 Å². The van der Waals surface area contributed by atoms with E-state index in [4.69, 9.17) is 27.9 Å². The molecule has 1 N–H and O–H groups in total. The van der Waals surface area contributed by atoms with Gasteiger partial charge in [0.05, 0.1) is 29.8 Å². The second kappa shape index (κ2) is 9.32. The fourth-order valence-electron chi connectivity index (χ4n) is 3.71. The number of hydrogen-bond acceptors (Lipinski definition) is 5. The highest BCUT2D eigenvalue weighted by Gasteiger charge is 2.36. The highest BCUT2D eigenvalue weighted by atomic mass is 35.5. The number of benzene rings is 2. The third-order valence-corrected chi connectivity index (χ3v) is 5.75. The van der Waals surface area contributed by atoms with Crippen molar-refractivity contribution in [3.05, 3.63) is 64.1 Å². The van der Waals surface area contributed by atoms with Crippen molar-refractivity contribution >= 4 is 34.8 Å². The van der Waals surface area contributed by atoms with Gasteiger partial charge in [0.25, 0.3) is 0 Å². The molecule has 8 heteroatoms. The summed E-state index contributed by atoms with van der Waals surface area (Å²) in [5.41, 5.74) is 5.08. The van der Waals surface area contributed by atoms with Crippen LogP contribution in [0.3, 0.4) is 0 Å². The van der Waals surface area contributed by atoms with Gasteiger partial charge in [0, 0.05) is 37.7 Å². The van der Waals surface area contributed by atoms with Crippen molar-refractivity contribution in [3.63, 3.8) is 0 Å². The molecule has 4 rings (SSSR count). The third kappa shape index (κ3) is 5.02. The predicted molar refractivity (Wildman–Crippen MR) is 115 cm³/mol. The van der Waals surface area contributed by atoms with Gasteiger partial charge in [-0.25, -0.2) is 10.0 Å². The van der Waals surface area contributed by atoms with Crippen LogP contribution in [0.25, 0.3) is 0 Å². The van der Waals surface area contributed by atoms with Crippen LogP contribution in [0.15, 0.2) is 48.5 Å². The minimum Gasteiger partial charge on any atom is -0.379 e. The fourth-order valence-corrected chi connectivity index (χ4v) is 4.21. The topological polar surface area (TPSA) is 48.1 Å². The van der Waals surface area contributed by atoms with Crippen LogP contribution in [0.4, 0.5) is 5.69 Å². The molecule has 0 aromatic heterocycles. The van der Waals surface area contributed by atoms with E-state index in [1.54, 1.807) is 6.07 Å². The summed E-state index contributed by atoms with van der Waals surface area (Å²) in [6, 6.07) is 15.7. The summed E-state index contributed by atoms with van der Waals surface area (Å²) in [6.07, 6.45) is 0. The summed E-state index contributed by atoms with van der Waals surface area (Å²) in [6.45, 7) is 4.56. The quantitative estimate of drug-likeness (QED) is 0.782. The Balaban J connectivity index is 1.52. The van der Waals surface area contributed by atoms with Crippen LogP contribution in [-0.4, -0.2) is 55.3 Å². The number of amides is 1. The summed E-state index contributed by atoms with van der Waals surface area (Å²) in [7, 11) is 0. The molecule has 1 amide bonds. The van der Waals surface area contributed by atoms with Crippen LogP contribution < -0.4 is 10.4 Å². The molecule has 2 aliphatic heterocycles. The molecule has 1 atom stereocenters. The van der Waals surface area contributed by atoms with Crippen LogP contribution in [0.1, 0.15) is 5.56 Å². The van der Waals surface area contributed by atoms with Gasteiger partial charge in [0.15, 0.2) is 0 Å². The van der Waals surface area contributed by atoms with Crippen molar-refractivity contribution < 1.29 is 9.53 Å². The molecule has 2 aromatic carbocycles. The lowest BCUT2D eigenvalue weighted by molar-refractivity contribution is -0.131. The number of rotatable bonds is 5. The Morgan fingerprint density at radius 1 is 1.07 bits per heavy atom. The van der Waals surface area contributed by atoms with Gasteiger partial charge in [-0.2, -0.15) is 0 Å². The number of carbonyl (C=O) groups excluding carboxylic acids is 1. The Kier molecular flexibility index (Phi) is 6.57. The zero-order chi connectivity index (χ0) is 20.2. The molecule has 0 spiro atoms. The van der Waals surface area contributed by atoms with Crippen molar-refractivity contribution in [1.29, 1.82) is 0 Å². The molecule has 2 aliphatic rings. The summed E-state index contributed by atoms with van der Waals surface area (Å²) < 4.78 is 5.35. The molecule has 2 aromatic rings. The second-order valence-corrected chi connectivity index (χ2v) is 8.13. The van der Waals surface area contributed by atoms with E-state index in [-0.39, 0.29) is 11.8 Å². The Morgan fingerprint density at radius 3 is 2.55 bits per heavy atom. The van der Waals surface area contributed by atoms with Gasteiger partial charge in [0.1, 0.15) is 0 Å². The molecule has 29 heavy (non-hydrogen) atoms. The van der Waals surface area contributed by atoms with Crippen molar-refractivity contribution in [1.82, 2.24) is 15.4 Å². The summed E-state index contributed by atoms with van der Waals surface area (Å²) in [4.78, 5) is 12.9. The summed E-state index contributed by atoms with van der Waals surface area (Å²) >= 11 is 12.6. The lowest BCUT2D eigenvalue weighted by atomic mass is 10.1. The summed E-state index contributed by atoms with van der Waals surface area (Å²) in [5.74, 6) is -0.147. The number of hydrazine groups is 2. The van der Waals surface area contributed by atoms with Crippen LogP contribution >= 0.6 is 23.2 Å². The molecule has 0 aliphatic carbocycles. The largest absolute Gasteiger partial charge is 0.379 e. The molecule has 6 nitrogen and oxygen atoms in total. The van der Waals surface area contributed by atoms with Gasteiger partial charge in [0.2, 0.25) is 5.91 Å². The third-order valence-electron chi connectivity index (χ3n) is 5.21. The lowest BCUT2D eigenvalue weighted by Gasteiger charge is -2.30. The first kappa shape index (κ1) is 20.4. The first-order valence-corrected chi connectivity index (χ1v) is 10.5. The first-order valence-electron chi connectivity index (χ1n) is 9.75. The van der Waals surface area contributed by atoms with Crippen LogP contribution in [0, 0.1) is 5.92 Å². The van der Waals surface area contributed by atoms with Gasteiger partial charge >= 0.3 is 0 Å². The van der Waals surface area contributed by atoms with E-state index in [0.29, 0.717) is 56.0 Å². The average molecular weight is 435 g/mol. The SMILES string of the molecule is O=C(NN1CCOCC1)C1CN(Cc2ccccc2)N(c2ccc(Cl)cc2Cl)C1. The highest BCUT2D eigenvalue weighted by molar-refractivity contribution is 6.36. The van der Waals surface area contributed by atoms with Crippen molar-refractivity contribution in [3.8, 4) is 0 Å². The number of hydrogen-bond donors (Lipinski definition) is 1. The molecule has 0 saturated carbocycles. The number of morpholine rings is 1. The number of halogens is 2. The van der Waals surface area contributed by atoms with Crippen LogP contribution in [-0.2, 0) is 16.1 Å². The zero-order valence-corrected chi connectivity index (χ0v) is 17.6. The highest BCUT2D eigenvalue weighted by Crippen LogP contribution is 2.34. The van der Waals surface area contributed by atoms with Gasteiger partial charge < -0.3 is 9.75 Å². The minimum absolute atomic E-state index is 0.0255. The van der Waals surface area contributed by atoms with Crippen molar-refractivity contribution in [2.24, 2.45) is 5.92 Å². The van der Waals surface area contributed by atoms with E-state index in [0.717, 1.165) is 5.69 Å². The minimum atomic E-state index is -0.173. The van der Waals surface area contributed by atoms with Crippen LogP contribution in [0.2, 0.25) is 10.0 Å². The normalized spacial score (nSPS) is 20.8. The molecule has 0 radical (unpaired) electrons. The molecule has 1 unspecified atom stereocenters. The fraction of sp³-hybridized carbons (Fsp3) is 0.381. The van der Waals surface area contributed by atoms with E-state index < -0.39 is 0 Å². The predicted octanol–water partition coefficient (Wildman–Crippen LogP) is 3.21. The van der Waals surface area contributed by atoms with E-state index in [1.807, 2.05) is 35.3 Å². The van der Waals surface area contributed by atoms with Gasteiger partial charge in [-0.05, 0) is 23.8 Å². The molecule has 2 fully saturated rings. The van der Waals surface area contributed by atoms with E-state index in [9.17, 15) is 4.79 Å². The maximum absolute atomic E-state index is 12.9. The number of ether oxygens (including phenoxy) is 1. The van der Waals surface area contributed by atoms with Gasteiger partial charge in [-0.3, -0.25) is 10.2 Å². The number of anilines is 1. The van der Waals surface area contributed by atoms with Crippen LogP contribution in [0.5, 0.6) is 0 Å². The first-order chi connectivity index (χ1) is 14.1. The van der Waals surface area contributed by atoms with E-state index >= 15 is 0 Å². The van der Waals surface area contributed by atoms with E-state index in [1.165, 1.54) is 5.56 Å². The molecular weight excluding hydrogens is 411 g/mol. The van der Waals surface area contributed by atoms with Crippen molar-refractivity contribution in [2.45, 2.75) is 6.54 Å². The maximum atomic E-state index is 12.9. The molecule has 2 heterocycles.